The lowest BCUT2D eigenvalue weighted by atomic mass is 10.0. The molecule has 1 N–H and O–H groups in total. The molecule has 0 aliphatic heterocycles. The summed E-state index contributed by atoms with van der Waals surface area (Å²) in [6.45, 7) is 5.96. The first-order chi connectivity index (χ1) is 6.69. The summed E-state index contributed by atoms with van der Waals surface area (Å²) in [6.07, 6.45) is 9.16. The van der Waals surface area contributed by atoms with E-state index in [-0.39, 0.29) is 0 Å². The Balaban J connectivity index is 1.88. The largest absolute Gasteiger partial charge is 0.314 e. The number of hydrogen-bond acceptors (Lipinski definition) is 2. The minimum Gasteiger partial charge on any atom is -0.314 e. The summed E-state index contributed by atoms with van der Waals surface area (Å²) in [7, 11) is 0. The topological polar surface area (TPSA) is 12.0 Å². The summed E-state index contributed by atoms with van der Waals surface area (Å²) < 4.78 is 0. The molecule has 1 aliphatic carbocycles. The predicted molar refractivity (Wildman–Crippen MR) is 67.0 cm³/mol. The Kier molecular flexibility index (Phi) is 5.32. The van der Waals surface area contributed by atoms with Gasteiger partial charge in [-0.25, -0.2) is 0 Å². The third-order valence-corrected chi connectivity index (χ3v) is 4.26. The Morgan fingerprint density at radius 2 is 2.00 bits per heavy atom. The molecule has 0 aromatic carbocycles. The first kappa shape index (κ1) is 12.4. The van der Waals surface area contributed by atoms with Crippen molar-refractivity contribution >= 4 is 11.8 Å². The van der Waals surface area contributed by atoms with Crippen LogP contribution in [-0.2, 0) is 0 Å². The van der Waals surface area contributed by atoms with E-state index in [9.17, 15) is 0 Å². The van der Waals surface area contributed by atoms with E-state index in [1.54, 1.807) is 0 Å². The van der Waals surface area contributed by atoms with Crippen LogP contribution in [-0.4, -0.2) is 24.6 Å². The van der Waals surface area contributed by atoms with Crippen molar-refractivity contribution in [2.45, 2.75) is 52.0 Å². The second kappa shape index (κ2) is 6.02. The van der Waals surface area contributed by atoms with Crippen molar-refractivity contribution in [3.63, 3.8) is 0 Å². The van der Waals surface area contributed by atoms with Gasteiger partial charge in [-0.3, -0.25) is 0 Å². The summed E-state index contributed by atoms with van der Waals surface area (Å²) in [6, 6.07) is 0.725. The van der Waals surface area contributed by atoms with Gasteiger partial charge < -0.3 is 5.32 Å². The maximum atomic E-state index is 3.66. The van der Waals surface area contributed by atoms with Gasteiger partial charge in [0.05, 0.1) is 0 Å². The summed E-state index contributed by atoms with van der Waals surface area (Å²) in [5.74, 6) is 1.33. The molecule has 0 amide bonds. The first-order valence-corrected chi connectivity index (χ1v) is 7.31. The SMILES string of the molecule is CSCCCCCNC(C)C1(C)CC1. The summed E-state index contributed by atoms with van der Waals surface area (Å²) in [5, 5.41) is 3.66. The molecule has 1 fully saturated rings. The Bertz CT molecular complexity index is 154. The number of unbranched alkanes of at least 4 members (excludes halogenated alkanes) is 2. The van der Waals surface area contributed by atoms with E-state index in [1.165, 1.54) is 44.4 Å². The molecule has 84 valence electrons. The fourth-order valence-electron chi connectivity index (χ4n) is 1.74. The number of rotatable bonds is 8. The second-order valence-electron chi connectivity index (χ2n) is 4.88. The highest BCUT2D eigenvalue weighted by Crippen LogP contribution is 2.47. The van der Waals surface area contributed by atoms with Gasteiger partial charge in [0.1, 0.15) is 0 Å². The van der Waals surface area contributed by atoms with Crippen molar-refractivity contribution in [1.82, 2.24) is 5.32 Å². The fourth-order valence-corrected chi connectivity index (χ4v) is 2.24. The standard InChI is InChI=1S/C12H25NS/c1-11(12(2)7-8-12)13-9-5-4-6-10-14-3/h11,13H,4-10H2,1-3H3. The van der Waals surface area contributed by atoms with Crippen LogP contribution in [0.25, 0.3) is 0 Å². The van der Waals surface area contributed by atoms with Crippen LogP contribution in [0.3, 0.4) is 0 Å². The quantitative estimate of drug-likeness (QED) is 0.624. The zero-order valence-corrected chi connectivity index (χ0v) is 10.8. The van der Waals surface area contributed by atoms with Gasteiger partial charge in [0.15, 0.2) is 0 Å². The molecule has 0 aromatic rings. The molecule has 0 heterocycles. The van der Waals surface area contributed by atoms with Crippen molar-refractivity contribution in [3.8, 4) is 0 Å². The maximum Gasteiger partial charge on any atom is 0.00925 e. The minimum atomic E-state index is 0.638. The summed E-state index contributed by atoms with van der Waals surface area (Å²) >= 11 is 1.96. The Labute approximate surface area is 93.4 Å². The molecule has 1 aliphatic rings. The van der Waals surface area contributed by atoms with E-state index in [0.717, 1.165) is 6.04 Å². The highest BCUT2D eigenvalue weighted by Gasteiger charge is 2.41. The molecule has 14 heavy (non-hydrogen) atoms. The van der Waals surface area contributed by atoms with Gasteiger partial charge in [-0.1, -0.05) is 13.3 Å². The monoisotopic (exact) mass is 215 g/mol. The summed E-state index contributed by atoms with van der Waals surface area (Å²) in [5.41, 5.74) is 0.638. The minimum absolute atomic E-state index is 0.638. The van der Waals surface area contributed by atoms with Gasteiger partial charge in [0.25, 0.3) is 0 Å². The van der Waals surface area contributed by atoms with E-state index < -0.39 is 0 Å². The van der Waals surface area contributed by atoms with E-state index in [0.29, 0.717) is 5.41 Å². The van der Waals surface area contributed by atoms with Crippen LogP contribution >= 0.6 is 11.8 Å². The molecule has 1 nitrogen and oxygen atoms in total. The zero-order valence-electron chi connectivity index (χ0n) is 9.94. The molecule has 2 heteroatoms. The van der Waals surface area contributed by atoms with Crippen LogP contribution in [0, 0.1) is 5.41 Å². The average Bonchev–Trinajstić information content (AvgIpc) is 2.91. The first-order valence-electron chi connectivity index (χ1n) is 5.91. The highest BCUT2D eigenvalue weighted by molar-refractivity contribution is 7.98. The van der Waals surface area contributed by atoms with Crippen molar-refractivity contribution in [2.75, 3.05) is 18.6 Å². The van der Waals surface area contributed by atoms with Crippen molar-refractivity contribution in [2.24, 2.45) is 5.41 Å². The molecular formula is C12H25NS. The van der Waals surface area contributed by atoms with Crippen LogP contribution in [0.4, 0.5) is 0 Å². The molecule has 1 saturated carbocycles. The van der Waals surface area contributed by atoms with Gasteiger partial charge >= 0.3 is 0 Å². The maximum absolute atomic E-state index is 3.66. The van der Waals surface area contributed by atoms with Crippen molar-refractivity contribution in [1.29, 1.82) is 0 Å². The lowest BCUT2D eigenvalue weighted by Gasteiger charge is -2.20. The lowest BCUT2D eigenvalue weighted by Crippen LogP contribution is -2.33. The Morgan fingerprint density at radius 3 is 2.57 bits per heavy atom. The average molecular weight is 215 g/mol. The number of hydrogen-bond donors (Lipinski definition) is 1. The van der Waals surface area contributed by atoms with Crippen LogP contribution in [0.15, 0.2) is 0 Å². The molecule has 0 bridgehead atoms. The molecule has 0 spiro atoms. The fraction of sp³-hybridized carbons (Fsp3) is 1.00. The smallest absolute Gasteiger partial charge is 0.00925 e. The van der Waals surface area contributed by atoms with E-state index in [2.05, 4.69) is 25.4 Å². The number of thioether (sulfide) groups is 1. The van der Waals surface area contributed by atoms with E-state index in [1.807, 2.05) is 11.8 Å². The molecule has 1 rings (SSSR count). The van der Waals surface area contributed by atoms with Crippen LogP contribution in [0.2, 0.25) is 0 Å². The second-order valence-corrected chi connectivity index (χ2v) is 5.87. The third kappa shape index (κ3) is 4.22. The molecule has 1 unspecified atom stereocenters. The van der Waals surface area contributed by atoms with Crippen molar-refractivity contribution in [3.05, 3.63) is 0 Å². The van der Waals surface area contributed by atoms with E-state index >= 15 is 0 Å². The lowest BCUT2D eigenvalue weighted by molar-refractivity contribution is 0.378. The van der Waals surface area contributed by atoms with Gasteiger partial charge in [0, 0.05) is 6.04 Å². The molecule has 0 saturated heterocycles. The summed E-state index contributed by atoms with van der Waals surface area (Å²) in [4.78, 5) is 0. The van der Waals surface area contributed by atoms with Crippen LogP contribution < -0.4 is 5.32 Å². The Morgan fingerprint density at radius 1 is 1.29 bits per heavy atom. The molecular weight excluding hydrogens is 190 g/mol. The molecule has 0 radical (unpaired) electrons. The van der Waals surface area contributed by atoms with Gasteiger partial charge in [0.2, 0.25) is 0 Å². The molecule has 1 atom stereocenters. The zero-order chi connectivity index (χ0) is 10.4. The Hall–Kier alpha value is 0.310. The van der Waals surface area contributed by atoms with E-state index in [4.69, 9.17) is 0 Å². The highest BCUT2D eigenvalue weighted by atomic mass is 32.2. The predicted octanol–water partition coefficient (Wildman–Crippen LogP) is 3.30. The van der Waals surface area contributed by atoms with Gasteiger partial charge in [-0.2, -0.15) is 11.8 Å². The number of nitrogens with one attached hydrogen (secondary N) is 1. The van der Waals surface area contributed by atoms with Crippen LogP contribution in [0.5, 0.6) is 0 Å². The van der Waals surface area contributed by atoms with Crippen molar-refractivity contribution < 1.29 is 0 Å². The normalized spacial score (nSPS) is 20.8. The third-order valence-electron chi connectivity index (χ3n) is 3.56. The van der Waals surface area contributed by atoms with Gasteiger partial charge in [-0.15, -0.1) is 0 Å². The molecule has 0 aromatic heterocycles. The van der Waals surface area contributed by atoms with Crippen LogP contribution in [0.1, 0.15) is 46.0 Å². The van der Waals surface area contributed by atoms with Gasteiger partial charge in [-0.05, 0) is 56.6 Å².